The molecule has 6 nitrogen and oxygen atoms in total. The van der Waals surface area contributed by atoms with Gasteiger partial charge in [-0.05, 0) is 31.8 Å². The zero-order chi connectivity index (χ0) is 16.7. The van der Waals surface area contributed by atoms with Gasteiger partial charge in [-0.1, -0.05) is 0 Å². The SMILES string of the molecule is C=N/C=N\N(C)CCOc1cc(C#N)cc(-c2ncc(C)s2)c1. The molecule has 2 aromatic rings. The predicted octanol–water partition coefficient (Wildman–Crippen LogP) is 2.94. The Balaban J connectivity index is 2.08. The molecular formula is C16H17N5OS. The Morgan fingerprint density at radius 3 is 2.96 bits per heavy atom. The van der Waals surface area contributed by atoms with Crippen LogP contribution in [0.4, 0.5) is 0 Å². The van der Waals surface area contributed by atoms with Crippen molar-refractivity contribution in [2.75, 3.05) is 20.2 Å². The highest BCUT2D eigenvalue weighted by molar-refractivity contribution is 7.14. The second-order valence-corrected chi connectivity index (χ2v) is 6.01. The molecule has 118 valence electrons. The Kier molecular flexibility index (Phi) is 5.83. The molecular weight excluding hydrogens is 310 g/mol. The number of hydrogen-bond acceptors (Lipinski definition) is 6. The van der Waals surface area contributed by atoms with Crippen LogP contribution in [0.2, 0.25) is 0 Å². The van der Waals surface area contributed by atoms with Crippen LogP contribution in [0.5, 0.6) is 5.75 Å². The van der Waals surface area contributed by atoms with Crippen LogP contribution in [-0.2, 0) is 0 Å². The number of hydrogen-bond donors (Lipinski definition) is 0. The van der Waals surface area contributed by atoms with E-state index in [9.17, 15) is 5.26 Å². The van der Waals surface area contributed by atoms with Crippen molar-refractivity contribution in [1.29, 1.82) is 5.26 Å². The molecule has 2 rings (SSSR count). The van der Waals surface area contributed by atoms with Gasteiger partial charge in [0.1, 0.15) is 23.7 Å². The highest BCUT2D eigenvalue weighted by Gasteiger charge is 2.07. The van der Waals surface area contributed by atoms with E-state index < -0.39 is 0 Å². The van der Waals surface area contributed by atoms with Gasteiger partial charge in [-0.25, -0.2) is 4.98 Å². The van der Waals surface area contributed by atoms with Crippen molar-refractivity contribution in [3.8, 4) is 22.4 Å². The van der Waals surface area contributed by atoms with E-state index in [1.807, 2.05) is 32.3 Å². The Hall–Kier alpha value is -2.72. The second-order valence-electron chi connectivity index (χ2n) is 4.78. The number of benzene rings is 1. The number of hydrazone groups is 1. The molecule has 0 aliphatic heterocycles. The maximum absolute atomic E-state index is 9.18. The maximum atomic E-state index is 9.18. The lowest BCUT2D eigenvalue weighted by molar-refractivity contribution is 0.244. The van der Waals surface area contributed by atoms with Gasteiger partial charge in [-0.2, -0.15) is 10.4 Å². The third-order valence-electron chi connectivity index (χ3n) is 2.92. The molecule has 0 aliphatic rings. The third kappa shape index (κ3) is 4.90. The molecule has 1 aromatic heterocycles. The summed E-state index contributed by atoms with van der Waals surface area (Å²) in [7, 11) is 1.82. The largest absolute Gasteiger partial charge is 0.492 e. The molecule has 0 amide bonds. The molecule has 0 N–H and O–H groups in total. The molecule has 0 fully saturated rings. The molecule has 0 saturated carbocycles. The minimum atomic E-state index is 0.441. The number of aryl methyl sites for hydroxylation is 1. The van der Waals surface area contributed by atoms with Crippen molar-refractivity contribution in [1.82, 2.24) is 9.99 Å². The molecule has 1 aromatic carbocycles. The van der Waals surface area contributed by atoms with Gasteiger partial charge in [-0.3, -0.25) is 10.0 Å². The molecule has 0 spiro atoms. The van der Waals surface area contributed by atoms with Gasteiger partial charge in [0.25, 0.3) is 0 Å². The number of aromatic nitrogens is 1. The quantitative estimate of drug-likeness (QED) is 0.445. The summed E-state index contributed by atoms with van der Waals surface area (Å²) < 4.78 is 5.73. The average molecular weight is 327 g/mol. The fourth-order valence-electron chi connectivity index (χ4n) is 1.84. The summed E-state index contributed by atoms with van der Waals surface area (Å²) in [5.41, 5.74) is 1.44. The van der Waals surface area contributed by atoms with Gasteiger partial charge in [0.05, 0.1) is 18.2 Å². The standard InChI is InChI=1S/C16H17N5OS/c1-12-10-19-16(23-12)14-6-13(9-17)7-15(8-14)22-5-4-21(3)20-11-18-2/h6-8,10-11H,2,4-5H2,1,3H3/b20-11-. The number of nitriles is 1. The minimum absolute atomic E-state index is 0.441. The monoisotopic (exact) mass is 327 g/mol. The summed E-state index contributed by atoms with van der Waals surface area (Å²) in [5, 5.41) is 15.8. The van der Waals surface area contributed by atoms with Gasteiger partial charge >= 0.3 is 0 Å². The van der Waals surface area contributed by atoms with Crippen molar-refractivity contribution in [2.45, 2.75) is 6.92 Å². The van der Waals surface area contributed by atoms with Crippen molar-refractivity contribution in [3.05, 3.63) is 34.8 Å². The second kappa shape index (κ2) is 8.06. The number of aliphatic imine (C=N–C) groups is 1. The lowest BCUT2D eigenvalue weighted by Crippen LogP contribution is -2.19. The van der Waals surface area contributed by atoms with E-state index in [1.165, 1.54) is 6.34 Å². The number of likely N-dealkylation sites (N-methyl/N-ethyl adjacent to an activating group) is 1. The summed E-state index contributed by atoms with van der Waals surface area (Å²) in [4.78, 5) is 9.03. The van der Waals surface area contributed by atoms with E-state index >= 15 is 0 Å². The summed E-state index contributed by atoms with van der Waals surface area (Å²) in [5.74, 6) is 0.645. The Morgan fingerprint density at radius 1 is 1.48 bits per heavy atom. The van der Waals surface area contributed by atoms with E-state index in [4.69, 9.17) is 4.74 Å². The van der Waals surface area contributed by atoms with Crippen LogP contribution in [0.25, 0.3) is 10.6 Å². The average Bonchev–Trinajstić information content (AvgIpc) is 2.99. The highest BCUT2D eigenvalue weighted by Crippen LogP contribution is 2.29. The van der Waals surface area contributed by atoms with Crippen molar-refractivity contribution >= 4 is 24.4 Å². The Morgan fingerprint density at radius 2 is 2.30 bits per heavy atom. The van der Waals surface area contributed by atoms with Crippen LogP contribution < -0.4 is 4.74 Å². The number of ether oxygens (including phenoxy) is 1. The number of nitrogens with zero attached hydrogens (tertiary/aromatic N) is 5. The van der Waals surface area contributed by atoms with Gasteiger partial charge in [0, 0.05) is 23.7 Å². The maximum Gasteiger partial charge on any atom is 0.134 e. The molecule has 0 unspecified atom stereocenters. The van der Waals surface area contributed by atoms with Gasteiger partial charge < -0.3 is 4.74 Å². The first kappa shape index (κ1) is 16.6. The number of thiazole rings is 1. The molecule has 23 heavy (non-hydrogen) atoms. The fourth-order valence-corrected chi connectivity index (χ4v) is 2.59. The van der Waals surface area contributed by atoms with Gasteiger partial charge in [0.2, 0.25) is 0 Å². The van der Waals surface area contributed by atoms with E-state index in [0.29, 0.717) is 24.5 Å². The summed E-state index contributed by atoms with van der Waals surface area (Å²) >= 11 is 1.59. The topological polar surface area (TPSA) is 73.9 Å². The fraction of sp³-hybridized carbons (Fsp3) is 0.250. The third-order valence-corrected chi connectivity index (χ3v) is 3.88. The van der Waals surface area contributed by atoms with Crippen LogP contribution in [0.1, 0.15) is 10.4 Å². The first-order valence-corrected chi connectivity index (χ1v) is 7.74. The summed E-state index contributed by atoms with van der Waals surface area (Å²) in [6.07, 6.45) is 3.19. The van der Waals surface area contributed by atoms with Gasteiger partial charge in [-0.15, -0.1) is 11.3 Å². The summed E-state index contributed by atoms with van der Waals surface area (Å²) in [6, 6.07) is 7.59. The van der Waals surface area contributed by atoms with Crippen molar-refractivity contribution in [2.24, 2.45) is 10.1 Å². The van der Waals surface area contributed by atoms with Crippen LogP contribution in [-0.4, -0.2) is 43.2 Å². The first-order chi connectivity index (χ1) is 11.1. The molecule has 0 aliphatic carbocycles. The minimum Gasteiger partial charge on any atom is -0.492 e. The van der Waals surface area contributed by atoms with Crippen LogP contribution in [0.15, 0.2) is 34.5 Å². The zero-order valence-electron chi connectivity index (χ0n) is 13.1. The lowest BCUT2D eigenvalue weighted by Gasteiger charge is -2.13. The van der Waals surface area contributed by atoms with E-state index in [1.54, 1.807) is 22.4 Å². The van der Waals surface area contributed by atoms with Crippen LogP contribution >= 0.6 is 11.3 Å². The van der Waals surface area contributed by atoms with Crippen LogP contribution in [0.3, 0.4) is 0 Å². The lowest BCUT2D eigenvalue weighted by atomic mass is 10.1. The predicted molar refractivity (Wildman–Crippen MR) is 93.2 cm³/mol. The molecule has 0 saturated heterocycles. The number of rotatable bonds is 7. The Bertz CT molecular complexity index is 747. The Labute approximate surface area is 139 Å². The van der Waals surface area contributed by atoms with E-state index in [-0.39, 0.29) is 0 Å². The molecule has 0 radical (unpaired) electrons. The zero-order valence-corrected chi connectivity index (χ0v) is 13.9. The smallest absolute Gasteiger partial charge is 0.134 e. The molecule has 0 atom stereocenters. The molecule has 0 bridgehead atoms. The van der Waals surface area contributed by atoms with Crippen molar-refractivity contribution in [3.63, 3.8) is 0 Å². The highest BCUT2D eigenvalue weighted by atomic mass is 32.1. The first-order valence-electron chi connectivity index (χ1n) is 6.92. The van der Waals surface area contributed by atoms with Crippen molar-refractivity contribution < 1.29 is 4.74 Å². The molecule has 1 heterocycles. The van der Waals surface area contributed by atoms with Gasteiger partial charge in [0.15, 0.2) is 0 Å². The van der Waals surface area contributed by atoms with E-state index in [2.05, 4.69) is 27.9 Å². The van der Waals surface area contributed by atoms with Crippen LogP contribution in [0, 0.1) is 18.3 Å². The normalized spacial score (nSPS) is 10.5. The summed E-state index contributed by atoms with van der Waals surface area (Å²) in [6.45, 7) is 6.36. The van der Waals surface area contributed by atoms with E-state index in [0.717, 1.165) is 15.4 Å². The molecule has 7 heteroatoms.